The van der Waals surface area contributed by atoms with E-state index in [0.717, 1.165) is 10.6 Å². The van der Waals surface area contributed by atoms with Crippen molar-refractivity contribution in [3.8, 4) is 11.6 Å². The minimum absolute atomic E-state index is 0.321. The van der Waals surface area contributed by atoms with Gasteiger partial charge in [0.1, 0.15) is 5.56 Å². The molecule has 0 radical (unpaired) electrons. The summed E-state index contributed by atoms with van der Waals surface area (Å²) in [6.07, 6.45) is 2.63. The van der Waals surface area contributed by atoms with E-state index >= 15 is 0 Å². The van der Waals surface area contributed by atoms with E-state index in [1.165, 1.54) is 6.08 Å². The summed E-state index contributed by atoms with van der Waals surface area (Å²) in [5, 5.41) is 10.9. The highest BCUT2D eigenvalue weighted by atomic mass is 35.5. The Bertz CT molecular complexity index is 1100. The number of halogens is 1. The maximum Gasteiger partial charge on any atom is 0.335 e. The lowest BCUT2D eigenvalue weighted by atomic mass is 10.1. The third kappa shape index (κ3) is 3.50. The van der Waals surface area contributed by atoms with Gasteiger partial charge in [0, 0.05) is 5.02 Å². The van der Waals surface area contributed by atoms with Gasteiger partial charge in [-0.05, 0) is 35.9 Å². The number of para-hydroxylation sites is 1. The predicted molar refractivity (Wildman–Crippen MR) is 99.1 cm³/mol. The zero-order valence-electron chi connectivity index (χ0n) is 13.3. The van der Waals surface area contributed by atoms with E-state index in [2.05, 4.69) is 4.98 Å². The predicted octanol–water partition coefficient (Wildman–Crippen LogP) is 2.78. The molecular weight excluding hydrogens is 356 g/mol. The number of nitrogens with one attached hydrogen (secondary N) is 1. The molecule has 2 N–H and O–H groups in total. The van der Waals surface area contributed by atoms with Crippen molar-refractivity contribution in [3.63, 3.8) is 0 Å². The average molecular weight is 369 g/mol. The van der Waals surface area contributed by atoms with Crippen LogP contribution >= 0.6 is 11.6 Å². The summed E-state index contributed by atoms with van der Waals surface area (Å²) in [4.78, 5) is 38.6. The van der Waals surface area contributed by atoms with Crippen LogP contribution in [0.25, 0.3) is 11.8 Å². The highest BCUT2D eigenvalue weighted by Crippen LogP contribution is 2.17. The van der Waals surface area contributed by atoms with Crippen LogP contribution < -0.4 is 11.2 Å². The second-order valence-corrected chi connectivity index (χ2v) is 5.81. The van der Waals surface area contributed by atoms with Crippen molar-refractivity contribution in [1.82, 2.24) is 9.55 Å². The number of nitrogens with zero attached hydrogens (tertiary/aromatic N) is 1. The quantitative estimate of drug-likeness (QED) is 0.547. The summed E-state index contributed by atoms with van der Waals surface area (Å²) >= 11 is 5.80. The number of hydrogen-bond acceptors (Lipinski definition) is 4. The second-order valence-electron chi connectivity index (χ2n) is 5.38. The Balaban J connectivity index is 2.05. The number of allylic oxidation sites excluding steroid dienone is 1. The molecule has 6 nitrogen and oxygen atoms in total. The van der Waals surface area contributed by atoms with Crippen LogP contribution in [0.5, 0.6) is 5.88 Å². The lowest BCUT2D eigenvalue weighted by molar-refractivity contribution is 0.104. The van der Waals surface area contributed by atoms with Crippen LogP contribution in [0.15, 0.2) is 70.3 Å². The average Bonchev–Trinajstić information content (AvgIpc) is 2.61. The molecule has 0 aliphatic heterocycles. The number of carbonyl (C=O) groups is 1. The number of aromatic hydroxyl groups is 1. The summed E-state index contributed by atoms with van der Waals surface area (Å²) in [6, 6.07) is 14.9. The number of rotatable bonds is 4. The molecule has 0 bridgehead atoms. The van der Waals surface area contributed by atoms with Crippen LogP contribution in [0.4, 0.5) is 0 Å². The topological polar surface area (TPSA) is 92.2 Å². The maximum absolute atomic E-state index is 12.4. The Hall–Kier alpha value is -3.38. The standard InChI is InChI=1S/C19H13ClN2O4/c20-13-9-6-12(7-10-13)8-11-15(23)16-17(24)21-19(26)22(18(16)25)14-4-2-1-3-5-14/h1-11,25H,(H,21,24,26). The van der Waals surface area contributed by atoms with Crippen LogP contribution in [-0.4, -0.2) is 20.4 Å². The van der Waals surface area contributed by atoms with Crippen LogP contribution in [0, 0.1) is 0 Å². The van der Waals surface area contributed by atoms with E-state index in [1.807, 2.05) is 0 Å². The monoisotopic (exact) mass is 368 g/mol. The van der Waals surface area contributed by atoms with Crippen LogP contribution in [-0.2, 0) is 0 Å². The maximum atomic E-state index is 12.4. The highest BCUT2D eigenvalue weighted by molar-refractivity contribution is 6.30. The molecule has 7 heteroatoms. The molecule has 26 heavy (non-hydrogen) atoms. The van der Waals surface area contributed by atoms with Gasteiger partial charge in [0.2, 0.25) is 5.88 Å². The number of hydrogen-bond donors (Lipinski definition) is 2. The lowest BCUT2D eigenvalue weighted by Crippen LogP contribution is -2.32. The third-order valence-corrected chi connectivity index (χ3v) is 3.90. The van der Waals surface area contributed by atoms with Gasteiger partial charge in [0.15, 0.2) is 5.78 Å². The number of benzene rings is 2. The molecule has 1 aromatic heterocycles. The smallest absolute Gasteiger partial charge is 0.335 e. The Morgan fingerprint density at radius 2 is 1.69 bits per heavy atom. The van der Waals surface area contributed by atoms with Gasteiger partial charge in [-0.3, -0.25) is 14.6 Å². The molecule has 0 saturated carbocycles. The Morgan fingerprint density at radius 1 is 1.04 bits per heavy atom. The molecule has 0 amide bonds. The van der Waals surface area contributed by atoms with Crippen LogP contribution in [0.1, 0.15) is 15.9 Å². The number of aromatic nitrogens is 2. The molecule has 0 aliphatic carbocycles. The molecule has 3 aromatic rings. The summed E-state index contributed by atoms with van der Waals surface area (Å²) in [5.74, 6) is -1.45. The molecule has 0 aliphatic rings. The van der Waals surface area contributed by atoms with Gasteiger partial charge < -0.3 is 5.11 Å². The summed E-state index contributed by atoms with van der Waals surface area (Å²) < 4.78 is 0.866. The molecule has 1 heterocycles. The van der Waals surface area contributed by atoms with Crippen molar-refractivity contribution >= 4 is 23.5 Å². The Morgan fingerprint density at radius 3 is 2.35 bits per heavy atom. The van der Waals surface area contributed by atoms with Gasteiger partial charge in [0.05, 0.1) is 5.69 Å². The molecule has 3 rings (SSSR count). The van der Waals surface area contributed by atoms with Crippen molar-refractivity contribution in [1.29, 1.82) is 0 Å². The van der Waals surface area contributed by atoms with E-state index in [4.69, 9.17) is 11.6 Å². The first-order valence-corrected chi connectivity index (χ1v) is 7.97. The number of carbonyl (C=O) groups excluding carboxylic acids is 1. The molecule has 0 fully saturated rings. The van der Waals surface area contributed by atoms with Gasteiger partial charge >= 0.3 is 5.69 Å². The zero-order chi connectivity index (χ0) is 18.7. The summed E-state index contributed by atoms with van der Waals surface area (Å²) in [7, 11) is 0. The first-order valence-electron chi connectivity index (χ1n) is 7.59. The third-order valence-electron chi connectivity index (χ3n) is 3.64. The van der Waals surface area contributed by atoms with Gasteiger partial charge in [0.25, 0.3) is 5.56 Å². The first-order chi connectivity index (χ1) is 12.5. The number of ketones is 1. The summed E-state index contributed by atoms with van der Waals surface area (Å²) in [6.45, 7) is 0. The van der Waals surface area contributed by atoms with Crippen molar-refractivity contribution in [2.75, 3.05) is 0 Å². The number of aromatic amines is 1. The molecule has 130 valence electrons. The van der Waals surface area contributed by atoms with E-state index in [-0.39, 0.29) is 0 Å². The van der Waals surface area contributed by atoms with Gasteiger partial charge in [-0.15, -0.1) is 0 Å². The first kappa shape index (κ1) is 17.4. The van der Waals surface area contributed by atoms with Gasteiger partial charge in [-0.2, -0.15) is 0 Å². The Kier molecular flexibility index (Phi) is 4.86. The van der Waals surface area contributed by atoms with E-state index in [1.54, 1.807) is 54.6 Å². The zero-order valence-corrected chi connectivity index (χ0v) is 14.1. The molecule has 0 atom stereocenters. The van der Waals surface area contributed by atoms with E-state index in [0.29, 0.717) is 16.3 Å². The van der Waals surface area contributed by atoms with Crippen molar-refractivity contribution in [3.05, 3.63) is 97.7 Å². The van der Waals surface area contributed by atoms with Crippen molar-refractivity contribution in [2.24, 2.45) is 0 Å². The highest BCUT2D eigenvalue weighted by Gasteiger charge is 2.20. The van der Waals surface area contributed by atoms with E-state index in [9.17, 15) is 19.5 Å². The molecular formula is C19H13ClN2O4. The fraction of sp³-hybridized carbons (Fsp3) is 0. The second kappa shape index (κ2) is 7.25. The van der Waals surface area contributed by atoms with Crippen LogP contribution in [0.3, 0.4) is 0 Å². The Labute approximate surface area is 152 Å². The lowest BCUT2D eigenvalue weighted by Gasteiger charge is -2.09. The number of H-pyrrole nitrogens is 1. The fourth-order valence-corrected chi connectivity index (χ4v) is 2.52. The molecule has 2 aromatic carbocycles. The summed E-state index contributed by atoms with van der Waals surface area (Å²) in [5.41, 5.74) is -1.29. The SMILES string of the molecule is O=C(C=Cc1ccc(Cl)cc1)c1c(O)n(-c2ccccc2)c(=O)[nH]c1=O. The molecule has 0 spiro atoms. The minimum Gasteiger partial charge on any atom is -0.493 e. The van der Waals surface area contributed by atoms with Crippen LogP contribution in [0.2, 0.25) is 5.02 Å². The minimum atomic E-state index is -0.953. The van der Waals surface area contributed by atoms with Crippen molar-refractivity contribution in [2.45, 2.75) is 0 Å². The van der Waals surface area contributed by atoms with E-state index < -0.39 is 28.5 Å². The molecule has 0 unspecified atom stereocenters. The molecule has 0 saturated heterocycles. The van der Waals surface area contributed by atoms with Gasteiger partial charge in [-0.1, -0.05) is 48.0 Å². The largest absolute Gasteiger partial charge is 0.493 e. The normalized spacial score (nSPS) is 11.0. The fourth-order valence-electron chi connectivity index (χ4n) is 2.39. The van der Waals surface area contributed by atoms with Gasteiger partial charge in [-0.25, -0.2) is 9.36 Å². The van der Waals surface area contributed by atoms with Crippen molar-refractivity contribution < 1.29 is 9.90 Å².